The molecule has 2 heterocycles. The van der Waals surface area contributed by atoms with Crippen LogP contribution in [0.1, 0.15) is 51.5 Å². The highest BCUT2D eigenvalue weighted by molar-refractivity contribution is 5.85. The molecule has 3 fully saturated rings. The Morgan fingerprint density at radius 3 is 2.59 bits per heavy atom. The monoisotopic (exact) mass is 367 g/mol. The van der Waals surface area contributed by atoms with E-state index in [1.165, 1.54) is 43.6 Å². The van der Waals surface area contributed by atoms with Gasteiger partial charge in [-0.2, -0.15) is 0 Å². The van der Waals surface area contributed by atoms with E-state index < -0.39 is 0 Å². The zero-order valence-corrected chi connectivity index (χ0v) is 17.0. The summed E-state index contributed by atoms with van der Waals surface area (Å²) in [6.45, 7) is 6.86. The maximum atomic E-state index is 5.34. The summed E-state index contributed by atoms with van der Waals surface area (Å²) in [4.78, 5) is 10.4. The Hall–Kier alpha value is -1.71. The van der Waals surface area contributed by atoms with Crippen molar-refractivity contribution in [1.29, 1.82) is 0 Å². The number of ether oxygens (including phenoxy) is 1. The summed E-state index contributed by atoms with van der Waals surface area (Å²) in [7, 11) is 1.74. The third-order valence-corrected chi connectivity index (χ3v) is 8.05. The predicted octanol–water partition coefficient (Wildman–Crippen LogP) is 3.95. The summed E-state index contributed by atoms with van der Waals surface area (Å²) >= 11 is 0. The average molecular weight is 368 g/mol. The Balaban J connectivity index is 1.46. The number of guanidine groups is 1. The fourth-order valence-electron chi connectivity index (χ4n) is 6.53. The first-order chi connectivity index (χ1) is 13.1. The third kappa shape index (κ3) is 2.59. The summed E-state index contributed by atoms with van der Waals surface area (Å²) in [6.07, 6.45) is 8.12. The molecule has 1 saturated heterocycles. The second-order valence-electron chi connectivity index (χ2n) is 9.25. The molecule has 4 heteroatoms. The van der Waals surface area contributed by atoms with Gasteiger partial charge in [0.05, 0.1) is 19.7 Å². The van der Waals surface area contributed by atoms with Crippen molar-refractivity contribution < 1.29 is 4.74 Å². The van der Waals surface area contributed by atoms with E-state index in [0.29, 0.717) is 23.5 Å². The SMILES string of the molecule is CCC12CCC(CC1)C2N1C2=NC[C@@H](C)N2C[C@@H]1Cc1ccc(OC)cc1. The van der Waals surface area contributed by atoms with Gasteiger partial charge in [0, 0.05) is 18.6 Å². The second-order valence-corrected chi connectivity index (χ2v) is 9.25. The Bertz CT molecular complexity index is 720. The molecule has 0 N–H and O–H groups in total. The molecule has 1 unspecified atom stereocenters. The molecule has 2 saturated carbocycles. The van der Waals surface area contributed by atoms with E-state index in [-0.39, 0.29) is 0 Å². The molecule has 1 aromatic rings. The van der Waals surface area contributed by atoms with Crippen molar-refractivity contribution in [1.82, 2.24) is 9.80 Å². The number of hydrogen-bond donors (Lipinski definition) is 0. The third-order valence-electron chi connectivity index (χ3n) is 8.05. The van der Waals surface area contributed by atoms with Crippen LogP contribution in [0.2, 0.25) is 0 Å². The van der Waals surface area contributed by atoms with Crippen LogP contribution in [0.3, 0.4) is 0 Å². The fraction of sp³-hybridized carbons (Fsp3) is 0.696. The molecular weight excluding hydrogens is 334 g/mol. The summed E-state index contributed by atoms with van der Waals surface area (Å²) in [5.41, 5.74) is 1.95. The van der Waals surface area contributed by atoms with E-state index >= 15 is 0 Å². The average Bonchev–Trinajstić information content (AvgIpc) is 3.43. The smallest absolute Gasteiger partial charge is 0.197 e. The zero-order chi connectivity index (χ0) is 18.6. The summed E-state index contributed by atoms with van der Waals surface area (Å²) < 4.78 is 5.34. The van der Waals surface area contributed by atoms with Crippen LogP contribution in [-0.4, -0.2) is 54.1 Å². The van der Waals surface area contributed by atoms with Crippen molar-refractivity contribution in [3.05, 3.63) is 29.8 Å². The van der Waals surface area contributed by atoms with Gasteiger partial charge in [-0.15, -0.1) is 0 Å². The van der Waals surface area contributed by atoms with Gasteiger partial charge < -0.3 is 14.5 Å². The van der Waals surface area contributed by atoms with Gasteiger partial charge in [-0.25, -0.2) is 0 Å². The second kappa shape index (κ2) is 6.42. The van der Waals surface area contributed by atoms with Gasteiger partial charge in [0.15, 0.2) is 5.96 Å². The normalized spacial score (nSPS) is 37.1. The van der Waals surface area contributed by atoms with Crippen LogP contribution in [0, 0.1) is 11.3 Å². The molecule has 0 spiro atoms. The molecule has 0 aromatic heterocycles. The Labute approximate surface area is 163 Å². The van der Waals surface area contributed by atoms with Gasteiger partial charge in [0.1, 0.15) is 5.75 Å². The zero-order valence-electron chi connectivity index (χ0n) is 17.0. The predicted molar refractivity (Wildman–Crippen MR) is 109 cm³/mol. The van der Waals surface area contributed by atoms with E-state index in [1.54, 1.807) is 7.11 Å². The van der Waals surface area contributed by atoms with E-state index in [0.717, 1.165) is 31.2 Å². The van der Waals surface area contributed by atoms with Crippen LogP contribution < -0.4 is 4.74 Å². The quantitative estimate of drug-likeness (QED) is 0.789. The van der Waals surface area contributed by atoms with Crippen LogP contribution in [0.25, 0.3) is 0 Å². The Kier molecular flexibility index (Phi) is 4.14. The molecule has 2 bridgehead atoms. The lowest BCUT2D eigenvalue weighted by Crippen LogP contribution is -2.50. The Morgan fingerprint density at radius 1 is 1.19 bits per heavy atom. The molecule has 5 rings (SSSR count). The number of benzene rings is 1. The van der Waals surface area contributed by atoms with Gasteiger partial charge in [0.25, 0.3) is 0 Å². The molecule has 3 atom stereocenters. The van der Waals surface area contributed by atoms with Crippen LogP contribution in [0.5, 0.6) is 5.75 Å². The maximum absolute atomic E-state index is 5.34. The first-order valence-electron chi connectivity index (χ1n) is 10.9. The summed E-state index contributed by atoms with van der Waals surface area (Å²) in [5.74, 6) is 3.14. The lowest BCUT2D eigenvalue weighted by molar-refractivity contribution is 0.134. The van der Waals surface area contributed by atoms with Crippen molar-refractivity contribution in [3.63, 3.8) is 0 Å². The molecule has 0 amide bonds. The van der Waals surface area contributed by atoms with Crippen molar-refractivity contribution in [2.75, 3.05) is 20.2 Å². The van der Waals surface area contributed by atoms with Gasteiger partial charge in [-0.05, 0) is 74.5 Å². The van der Waals surface area contributed by atoms with Gasteiger partial charge in [0.2, 0.25) is 0 Å². The maximum Gasteiger partial charge on any atom is 0.197 e. The molecular formula is C23H33N3O. The highest BCUT2D eigenvalue weighted by atomic mass is 16.5. The van der Waals surface area contributed by atoms with Gasteiger partial charge in [-0.1, -0.05) is 19.1 Å². The van der Waals surface area contributed by atoms with Gasteiger partial charge >= 0.3 is 0 Å². The molecule has 4 nitrogen and oxygen atoms in total. The number of aliphatic imine (C=N–C) groups is 1. The largest absolute Gasteiger partial charge is 0.497 e. The van der Waals surface area contributed by atoms with Crippen molar-refractivity contribution in [2.45, 2.75) is 70.5 Å². The number of methoxy groups -OCH3 is 1. The minimum absolute atomic E-state index is 0.535. The molecule has 2 aliphatic heterocycles. The summed E-state index contributed by atoms with van der Waals surface area (Å²) in [6, 6.07) is 10.5. The van der Waals surface area contributed by atoms with E-state index in [2.05, 4.69) is 47.9 Å². The lowest BCUT2D eigenvalue weighted by atomic mass is 9.79. The van der Waals surface area contributed by atoms with Crippen molar-refractivity contribution in [3.8, 4) is 5.75 Å². The lowest BCUT2D eigenvalue weighted by Gasteiger charge is -2.40. The first kappa shape index (κ1) is 17.4. The van der Waals surface area contributed by atoms with Crippen LogP contribution in [0.4, 0.5) is 0 Å². The molecule has 146 valence electrons. The minimum Gasteiger partial charge on any atom is -0.497 e. The van der Waals surface area contributed by atoms with Crippen LogP contribution in [-0.2, 0) is 6.42 Å². The number of nitrogens with zero attached hydrogens (tertiary/aromatic N) is 3. The van der Waals surface area contributed by atoms with Crippen LogP contribution >= 0.6 is 0 Å². The number of rotatable bonds is 5. The summed E-state index contributed by atoms with van der Waals surface area (Å²) in [5, 5.41) is 0. The van der Waals surface area contributed by atoms with Crippen molar-refractivity contribution in [2.24, 2.45) is 16.3 Å². The number of hydrogen-bond acceptors (Lipinski definition) is 4. The van der Waals surface area contributed by atoms with Crippen LogP contribution in [0.15, 0.2) is 29.3 Å². The fourth-order valence-corrected chi connectivity index (χ4v) is 6.53. The highest BCUT2D eigenvalue weighted by Crippen LogP contribution is 2.59. The van der Waals surface area contributed by atoms with E-state index in [4.69, 9.17) is 9.73 Å². The number of fused-ring (bicyclic) bond motifs is 3. The van der Waals surface area contributed by atoms with E-state index in [9.17, 15) is 0 Å². The minimum atomic E-state index is 0.535. The molecule has 0 radical (unpaired) electrons. The first-order valence-corrected chi connectivity index (χ1v) is 10.9. The topological polar surface area (TPSA) is 28.1 Å². The standard InChI is InChI=1S/C23H33N3O/c1-4-23-11-9-18(10-12-23)21(23)26-19(15-25-16(2)14-24-22(25)26)13-17-5-7-20(27-3)8-6-17/h5-8,16,18-19,21H,4,9-15H2,1-3H3/t16-,18?,19+,21?,23?/m1/s1. The molecule has 1 aromatic carbocycles. The Morgan fingerprint density at radius 2 is 1.93 bits per heavy atom. The molecule has 2 aliphatic carbocycles. The molecule has 4 aliphatic rings. The highest BCUT2D eigenvalue weighted by Gasteiger charge is 2.58. The van der Waals surface area contributed by atoms with Gasteiger partial charge in [-0.3, -0.25) is 4.99 Å². The van der Waals surface area contributed by atoms with E-state index in [1.807, 2.05) is 0 Å². The van der Waals surface area contributed by atoms with Crippen molar-refractivity contribution >= 4 is 5.96 Å². The molecule has 27 heavy (non-hydrogen) atoms.